The molecule has 0 rings (SSSR count). The molecule has 314 valence electrons. The fraction of sp³-hybridized carbons (Fsp3) is 0.644. The van der Waals surface area contributed by atoms with Crippen LogP contribution in [0.4, 0.5) is 0 Å². The molecule has 0 aliphatic carbocycles. The van der Waals surface area contributed by atoms with Gasteiger partial charge in [0.1, 0.15) is 6.61 Å². The SMILES string of the molecule is CCC=CCC=CCC=CCC=CCC=CCCCCCC(=O)O[C@H](COC(=O)CCCCCCCC=CCC=CCCCCC)COP(=O)(O)OCCN. The van der Waals surface area contributed by atoms with Gasteiger partial charge >= 0.3 is 19.8 Å². The summed E-state index contributed by atoms with van der Waals surface area (Å²) in [5.41, 5.74) is 5.34. The zero-order valence-corrected chi connectivity index (χ0v) is 35.3. The molecule has 2 atom stereocenters. The van der Waals surface area contributed by atoms with Crippen molar-refractivity contribution in [3.05, 3.63) is 85.1 Å². The van der Waals surface area contributed by atoms with E-state index >= 15 is 0 Å². The lowest BCUT2D eigenvalue weighted by Crippen LogP contribution is -2.29. The number of phosphoric acid groups is 1. The Morgan fingerprint density at radius 2 is 1.00 bits per heavy atom. The highest BCUT2D eigenvalue weighted by Crippen LogP contribution is 2.43. The molecule has 0 spiro atoms. The third kappa shape index (κ3) is 40.7. The summed E-state index contributed by atoms with van der Waals surface area (Å²) in [6, 6.07) is 0. The number of nitrogens with two attached hydrogens (primary N) is 1. The quantitative estimate of drug-likeness (QED) is 0.0271. The molecule has 10 heteroatoms. The monoisotopic (exact) mass is 790 g/mol. The Balaban J connectivity index is 4.29. The van der Waals surface area contributed by atoms with E-state index in [4.69, 9.17) is 24.3 Å². The summed E-state index contributed by atoms with van der Waals surface area (Å²) >= 11 is 0. The lowest BCUT2D eigenvalue weighted by molar-refractivity contribution is -0.161. The van der Waals surface area contributed by atoms with Gasteiger partial charge in [0, 0.05) is 19.4 Å². The maximum absolute atomic E-state index is 12.6. The fourth-order valence-electron chi connectivity index (χ4n) is 5.16. The Kier molecular flexibility index (Phi) is 38.8. The molecule has 0 aromatic carbocycles. The zero-order valence-electron chi connectivity index (χ0n) is 34.4. The van der Waals surface area contributed by atoms with Gasteiger partial charge in [0.15, 0.2) is 6.10 Å². The van der Waals surface area contributed by atoms with E-state index in [9.17, 15) is 19.0 Å². The Morgan fingerprint density at radius 1 is 0.564 bits per heavy atom. The van der Waals surface area contributed by atoms with Gasteiger partial charge < -0.3 is 20.1 Å². The molecule has 55 heavy (non-hydrogen) atoms. The summed E-state index contributed by atoms with van der Waals surface area (Å²) in [5.74, 6) is -0.891. The number of carbonyl (C=O) groups excluding carboxylic acids is 2. The first-order chi connectivity index (χ1) is 26.8. The topological polar surface area (TPSA) is 134 Å². The van der Waals surface area contributed by atoms with Gasteiger partial charge in [-0.1, -0.05) is 137 Å². The largest absolute Gasteiger partial charge is 0.472 e. The van der Waals surface area contributed by atoms with Gasteiger partial charge in [-0.15, -0.1) is 0 Å². The Bertz CT molecular complexity index is 1170. The molecule has 0 aromatic heterocycles. The Morgan fingerprint density at radius 3 is 1.51 bits per heavy atom. The van der Waals surface area contributed by atoms with Crippen molar-refractivity contribution in [1.29, 1.82) is 0 Å². The van der Waals surface area contributed by atoms with E-state index in [2.05, 4.69) is 98.9 Å². The number of ether oxygens (including phenoxy) is 2. The lowest BCUT2D eigenvalue weighted by atomic mass is 10.1. The summed E-state index contributed by atoms with van der Waals surface area (Å²) in [5, 5.41) is 0. The molecular weight excluding hydrogens is 713 g/mol. The van der Waals surface area contributed by atoms with Crippen molar-refractivity contribution >= 4 is 19.8 Å². The van der Waals surface area contributed by atoms with Crippen molar-refractivity contribution in [3.63, 3.8) is 0 Å². The van der Waals surface area contributed by atoms with Crippen LogP contribution in [0, 0.1) is 0 Å². The third-order valence-electron chi connectivity index (χ3n) is 8.27. The molecule has 3 N–H and O–H groups in total. The van der Waals surface area contributed by atoms with Crippen molar-refractivity contribution < 1.29 is 37.6 Å². The van der Waals surface area contributed by atoms with Crippen LogP contribution in [0.1, 0.15) is 155 Å². The Labute approximate surface area is 334 Å². The van der Waals surface area contributed by atoms with E-state index < -0.39 is 32.5 Å². The minimum Gasteiger partial charge on any atom is -0.462 e. The van der Waals surface area contributed by atoms with Crippen molar-refractivity contribution in [2.75, 3.05) is 26.4 Å². The van der Waals surface area contributed by atoms with Gasteiger partial charge in [0.05, 0.1) is 13.2 Å². The highest BCUT2D eigenvalue weighted by Gasteiger charge is 2.25. The Hall–Kier alpha value is -2.81. The average Bonchev–Trinajstić information content (AvgIpc) is 3.17. The minimum absolute atomic E-state index is 0.0409. The minimum atomic E-state index is -4.39. The molecule has 0 amide bonds. The molecule has 0 heterocycles. The van der Waals surface area contributed by atoms with Gasteiger partial charge in [-0.2, -0.15) is 0 Å². The summed E-state index contributed by atoms with van der Waals surface area (Å²) in [6.07, 6.45) is 50.4. The molecule has 0 radical (unpaired) electrons. The third-order valence-corrected chi connectivity index (χ3v) is 9.25. The molecule has 0 saturated heterocycles. The van der Waals surface area contributed by atoms with E-state index in [0.29, 0.717) is 12.8 Å². The van der Waals surface area contributed by atoms with E-state index in [1.807, 2.05) is 0 Å². The van der Waals surface area contributed by atoms with Gasteiger partial charge in [-0.3, -0.25) is 18.6 Å². The average molecular weight is 790 g/mol. The fourth-order valence-corrected chi connectivity index (χ4v) is 5.92. The second-order valence-corrected chi connectivity index (χ2v) is 14.9. The van der Waals surface area contributed by atoms with Crippen LogP contribution in [-0.4, -0.2) is 49.3 Å². The number of unbranched alkanes of at least 4 members (excludes halogenated alkanes) is 11. The number of phosphoric ester groups is 1. The predicted octanol–water partition coefficient (Wildman–Crippen LogP) is 12.0. The van der Waals surface area contributed by atoms with Gasteiger partial charge in [0.2, 0.25) is 0 Å². The van der Waals surface area contributed by atoms with Crippen LogP contribution < -0.4 is 5.73 Å². The maximum atomic E-state index is 12.6. The van der Waals surface area contributed by atoms with Crippen molar-refractivity contribution in [2.45, 2.75) is 161 Å². The van der Waals surface area contributed by atoms with Crippen molar-refractivity contribution in [2.24, 2.45) is 5.73 Å². The van der Waals surface area contributed by atoms with Crippen LogP contribution in [0.25, 0.3) is 0 Å². The van der Waals surface area contributed by atoms with Crippen molar-refractivity contribution in [1.82, 2.24) is 0 Å². The zero-order chi connectivity index (χ0) is 40.3. The maximum Gasteiger partial charge on any atom is 0.472 e. The van der Waals surface area contributed by atoms with Crippen LogP contribution in [0.5, 0.6) is 0 Å². The molecule has 1 unspecified atom stereocenters. The number of esters is 2. The first-order valence-corrected chi connectivity index (χ1v) is 22.6. The van der Waals surface area contributed by atoms with Crippen LogP contribution >= 0.6 is 7.82 Å². The van der Waals surface area contributed by atoms with Gasteiger partial charge in [-0.25, -0.2) is 4.57 Å². The first kappa shape index (κ1) is 52.2. The summed E-state index contributed by atoms with van der Waals surface area (Å²) < 4.78 is 32.7. The predicted molar refractivity (Wildman–Crippen MR) is 229 cm³/mol. The number of hydrogen-bond donors (Lipinski definition) is 2. The summed E-state index contributed by atoms with van der Waals surface area (Å²) in [4.78, 5) is 34.8. The second-order valence-electron chi connectivity index (χ2n) is 13.5. The standard InChI is InChI=1S/C45H76NO8P/c1-3-5-7-9-11-13-15-17-19-20-21-22-24-26-28-30-32-34-36-38-45(48)54-43(42-53-55(49,50)52-40-39-46)41-51-44(47)37-35-33-31-29-27-25-23-18-16-14-12-10-8-6-4-2/h5,7,11-14,17-19,21-23,26,28,43H,3-4,6,8-10,15-16,20,24-25,27,29-42,46H2,1-2H3,(H,49,50)/t43-/m1/s1. The number of rotatable bonds is 38. The number of allylic oxidation sites excluding steroid dienone is 14. The van der Waals surface area contributed by atoms with Gasteiger partial charge in [0.25, 0.3) is 0 Å². The molecule has 0 fully saturated rings. The summed E-state index contributed by atoms with van der Waals surface area (Å²) in [6.45, 7) is 3.51. The first-order valence-electron chi connectivity index (χ1n) is 21.1. The second kappa shape index (κ2) is 40.8. The van der Waals surface area contributed by atoms with Crippen LogP contribution in [0.15, 0.2) is 85.1 Å². The molecule has 0 aliphatic rings. The molecular formula is C45H76NO8P. The van der Waals surface area contributed by atoms with E-state index in [1.165, 1.54) is 25.7 Å². The lowest BCUT2D eigenvalue weighted by Gasteiger charge is -2.19. The van der Waals surface area contributed by atoms with Crippen molar-refractivity contribution in [3.8, 4) is 0 Å². The van der Waals surface area contributed by atoms with Crippen LogP contribution in [-0.2, 0) is 32.7 Å². The van der Waals surface area contributed by atoms with E-state index in [-0.39, 0.29) is 32.6 Å². The molecule has 0 saturated carbocycles. The van der Waals surface area contributed by atoms with Gasteiger partial charge in [-0.05, 0) is 89.9 Å². The van der Waals surface area contributed by atoms with Crippen LogP contribution in [0.2, 0.25) is 0 Å². The summed E-state index contributed by atoms with van der Waals surface area (Å²) in [7, 11) is -4.39. The smallest absolute Gasteiger partial charge is 0.462 e. The van der Waals surface area contributed by atoms with E-state index in [0.717, 1.165) is 89.9 Å². The molecule has 0 bridgehead atoms. The normalized spacial score (nSPS) is 14.2. The molecule has 0 aromatic rings. The van der Waals surface area contributed by atoms with E-state index in [1.54, 1.807) is 0 Å². The number of carbonyl (C=O) groups is 2. The van der Waals surface area contributed by atoms with Crippen LogP contribution in [0.3, 0.4) is 0 Å². The highest BCUT2D eigenvalue weighted by atomic mass is 31.2. The molecule has 9 nitrogen and oxygen atoms in total. The number of hydrogen-bond acceptors (Lipinski definition) is 8. The highest BCUT2D eigenvalue weighted by molar-refractivity contribution is 7.47. The molecule has 0 aliphatic heterocycles.